The smallest absolute Gasteiger partial charge is 0.325 e. The molecule has 0 fully saturated rings. The van der Waals surface area contributed by atoms with Crippen molar-refractivity contribution in [3.8, 4) is 11.4 Å². The second-order valence-corrected chi connectivity index (χ2v) is 4.50. The lowest BCUT2D eigenvalue weighted by molar-refractivity contribution is -0.137. The van der Waals surface area contributed by atoms with E-state index in [1.807, 2.05) is 12.1 Å². The fourth-order valence-electron chi connectivity index (χ4n) is 2.04. The molecule has 2 heterocycles. The normalized spacial score (nSPS) is 12.0. The summed E-state index contributed by atoms with van der Waals surface area (Å²) in [4.78, 5) is 4.30. The van der Waals surface area contributed by atoms with Crippen LogP contribution < -0.4 is 5.73 Å². The lowest BCUT2D eigenvalue weighted by Gasteiger charge is -2.06. The Morgan fingerprint density at radius 3 is 2.38 bits per heavy atom. The molecular formula is C14H11F3N4. The van der Waals surface area contributed by atoms with Crippen molar-refractivity contribution in [2.75, 3.05) is 0 Å². The Morgan fingerprint density at radius 1 is 1.05 bits per heavy atom. The lowest BCUT2D eigenvalue weighted by atomic mass is 10.1. The molecule has 0 aliphatic heterocycles. The van der Waals surface area contributed by atoms with Gasteiger partial charge in [-0.1, -0.05) is 18.2 Å². The van der Waals surface area contributed by atoms with Crippen LogP contribution in [0.1, 0.15) is 11.3 Å². The molecule has 2 N–H and O–H groups in total. The van der Waals surface area contributed by atoms with E-state index in [0.29, 0.717) is 23.6 Å². The van der Waals surface area contributed by atoms with Gasteiger partial charge in [0.1, 0.15) is 0 Å². The molecule has 7 heteroatoms. The molecule has 21 heavy (non-hydrogen) atoms. The van der Waals surface area contributed by atoms with Gasteiger partial charge in [-0.05, 0) is 24.3 Å². The van der Waals surface area contributed by atoms with E-state index in [1.165, 1.54) is 12.1 Å². The number of fused-ring (bicyclic) bond motifs is 1. The third-order valence-electron chi connectivity index (χ3n) is 3.12. The first-order chi connectivity index (χ1) is 9.99. The Morgan fingerprint density at radius 2 is 1.76 bits per heavy atom. The van der Waals surface area contributed by atoms with E-state index < -0.39 is 11.7 Å². The van der Waals surface area contributed by atoms with Crippen molar-refractivity contribution >= 4 is 5.65 Å². The fraction of sp³-hybridized carbons (Fsp3) is 0.143. The Hall–Kier alpha value is -2.41. The van der Waals surface area contributed by atoms with Gasteiger partial charge >= 0.3 is 6.18 Å². The zero-order valence-electron chi connectivity index (χ0n) is 10.8. The van der Waals surface area contributed by atoms with Crippen LogP contribution in [-0.2, 0) is 12.7 Å². The Kier molecular flexibility index (Phi) is 3.13. The standard InChI is InChI=1S/C14H11F3N4/c15-14(16,17)10-6-4-9(5-7-10)13-19-12-3-1-2-11(8-18)21(12)20-13/h1-7H,8,18H2. The monoisotopic (exact) mass is 292 g/mol. The topological polar surface area (TPSA) is 56.2 Å². The minimum absolute atomic E-state index is 0.299. The molecule has 3 rings (SSSR count). The first-order valence-electron chi connectivity index (χ1n) is 6.21. The molecule has 2 aromatic heterocycles. The van der Waals surface area contributed by atoms with Crippen molar-refractivity contribution in [3.05, 3.63) is 53.7 Å². The van der Waals surface area contributed by atoms with Gasteiger partial charge in [0.2, 0.25) is 0 Å². The highest BCUT2D eigenvalue weighted by Gasteiger charge is 2.30. The molecule has 1 aromatic carbocycles. The average molecular weight is 292 g/mol. The van der Waals surface area contributed by atoms with E-state index in [4.69, 9.17) is 5.73 Å². The summed E-state index contributed by atoms with van der Waals surface area (Å²) in [7, 11) is 0. The second kappa shape index (κ2) is 4.85. The largest absolute Gasteiger partial charge is 0.416 e. The summed E-state index contributed by atoms with van der Waals surface area (Å²) in [5, 5.41) is 4.29. The number of alkyl halides is 3. The third kappa shape index (κ3) is 2.47. The van der Waals surface area contributed by atoms with Gasteiger partial charge in [-0.15, -0.1) is 5.10 Å². The molecule has 0 spiro atoms. The van der Waals surface area contributed by atoms with Crippen LogP contribution in [-0.4, -0.2) is 14.6 Å². The first-order valence-corrected chi connectivity index (χ1v) is 6.21. The maximum Gasteiger partial charge on any atom is 0.416 e. The summed E-state index contributed by atoms with van der Waals surface area (Å²) in [6.07, 6.45) is -4.35. The molecule has 0 radical (unpaired) electrons. The SMILES string of the molecule is NCc1cccc2nc(-c3ccc(C(F)(F)F)cc3)nn12. The van der Waals surface area contributed by atoms with E-state index >= 15 is 0 Å². The van der Waals surface area contributed by atoms with Crippen molar-refractivity contribution < 1.29 is 13.2 Å². The third-order valence-corrected chi connectivity index (χ3v) is 3.12. The summed E-state index contributed by atoms with van der Waals surface area (Å²) in [5.74, 6) is 0.365. The van der Waals surface area contributed by atoms with Crippen molar-refractivity contribution in [2.24, 2.45) is 5.73 Å². The van der Waals surface area contributed by atoms with E-state index in [2.05, 4.69) is 10.1 Å². The molecule has 0 saturated heterocycles. The van der Waals surface area contributed by atoms with Crippen LogP contribution in [0.25, 0.3) is 17.0 Å². The first kappa shape index (κ1) is 13.6. The summed E-state index contributed by atoms with van der Waals surface area (Å²) in [5.41, 5.74) is 6.82. The molecule has 108 valence electrons. The molecule has 0 bridgehead atoms. The van der Waals surface area contributed by atoms with Crippen LogP contribution in [0.4, 0.5) is 13.2 Å². The number of aromatic nitrogens is 3. The molecular weight excluding hydrogens is 281 g/mol. The summed E-state index contributed by atoms with van der Waals surface area (Å²) < 4.78 is 39.2. The van der Waals surface area contributed by atoms with Crippen molar-refractivity contribution in [2.45, 2.75) is 12.7 Å². The number of hydrogen-bond acceptors (Lipinski definition) is 3. The van der Waals surface area contributed by atoms with Crippen LogP contribution in [0, 0.1) is 0 Å². The van der Waals surface area contributed by atoms with Gasteiger partial charge in [-0.3, -0.25) is 0 Å². The molecule has 0 amide bonds. The molecule has 0 saturated carbocycles. The zero-order chi connectivity index (χ0) is 15.0. The maximum absolute atomic E-state index is 12.5. The minimum Gasteiger partial charge on any atom is -0.325 e. The van der Waals surface area contributed by atoms with Gasteiger partial charge in [0.15, 0.2) is 11.5 Å². The summed E-state index contributed by atoms with van der Waals surface area (Å²) in [6.45, 7) is 0.299. The van der Waals surface area contributed by atoms with Gasteiger partial charge < -0.3 is 5.73 Å². The predicted octanol–water partition coefficient (Wildman–Crippen LogP) is 2.87. The lowest BCUT2D eigenvalue weighted by Crippen LogP contribution is -2.04. The number of hydrogen-bond donors (Lipinski definition) is 1. The quantitative estimate of drug-likeness (QED) is 0.790. The highest BCUT2D eigenvalue weighted by atomic mass is 19.4. The van der Waals surface area contributed by atoms with Crippen LogP contribution in [0.5, 0.6) is 0 Å². The van der Waals surface area contributed by atoms with Gasteiger partial charge in [0.05, 0.1) is 11.3 Å². The molecule has 0 unspecified atom stereocenters. The highest BCUT2D eigenvalue weighted by molar-refractivity contribution is 5.58. The molecule has 0 aliphatic carbocycles. The zero-order valence-corrected chi connectivity index (χ0v) is 10.8. The van der Waals surface area contributed by atoms with Crippen LogP contribution in [0.3, 0.4) is 0 Å². The minimum atomic E-state index is -4.35. The van der Waals surface area contributed by atoms with Crippen molar-refractivity contribution in [1.29, 1.82) is 0 Å². The van der Waals surface area contributed by atoms with Gasteiger partial charge in [0.25, 0.3) is 0 Å². The van der Waals surface area contributed by atoms with Crippen LogP contribution in [0.2, 0.25) is 0 Å². The van der Waals surface area contributed by atoms with Gasteiger partial charge in [-0.25, -0.2) is 9.50 Å². The molecule has 3 aromatic rings. The average Bonchev–Trinajstić information content (AvgIpc) is 2.90. The number of benzene rings is 1. The highest BCUT2D eigenvalue weighted by Crippen LogP contribution is 2.30. The molecule has 0 aliphatic rings. The van der Waals surface area contributed by atoms with E-state index in [-0.39, 0.29) is 0 Å². The Bertz CT molecular complexity index is 775. The van der Waals surface area contributed by atoms with Crippen LogP contribution in [0.15, 0.2) is 42.5 Å². The van der Waals surface area contributed by atoms with Crippen molar-refractivity contribution in [1.82, 2.24) is 14.6 Å². The Labute approximate surface area is 118 Å². The Balaban J connectivity index is 2.04. The maximum atomic E-state index is 12.5. The van der Waals surface area contributed by atoms with E-state index in [9.17, 15) is 13.2 Å². The fourth-order valence-corrected chi connectivity index (χ4v) is 2.04. The van der Waals surface area contributed by atoms with E-state index in [1.54, 1.807) is 10.6 Å². The number of nitrogens with two attached hydrogens (primary N) is 1. The van der Waals surface area contributed by atoms with Gasteiger partial charge in [0, 0.05) is 12.1 Å². The summed E-state index contributed by atoms with van der Waals surface area (Å²) >= 11 is 0. The number of nitrogens with zero attached hydrogens (tertiary/aromatic N) is 3. The summed E-state index contributed by atoms with van der Waals surface area (Å²) in [6, 6.07) is 10.1. The van der Waals surface area contributed by atoms with Gasteiger partial charge in [-0.2, -0.15) is 13.2 Å². The number of pyridine rings is 1. The number of rotatable bonds is 2. The second-order valence-electron chi connectivity index (χ2n) is 4.50. The molecule has 4 nitrogen and oxygen atoms in total. The van der Waals surface area contributed by atoms with Crippen LogP contribution >= 0.6 is 0 Å². The van der Waals surface area contributed by atoms with Crippen molar-refractivity contribution in [3.63, 3.8) is 0 Å². The number of halogens is 3. The molecule has 0 atom stereocenters. The van der Waals surface area contributed by atoms with E-state index in [0.717, 1.165) is 17.8 Å². The predicted molar refractivity (Wildman–Crippen MR) is 71.3 cm³/mol.